The van der Waals surface area contributed by atoms with Gasteiger partial charge in [-0.2, -0.15) is 13.2 Å². The lowest BCUT2D eigenvalue weighted by Crippen LogP contribution is -2.52. The molecule has 0 aromatic rings. The zero-order chi connectivity index (χ0) is 13.4. The summed E-state index contributed by atoms with van der Waals surface area (Å²) >= 11 is 0. The van der Waals surface area contributed by atoms with Crippen molar-refractivity contribution in [3.8, 4) is 0 Å². The van der Waals surface area contributed by atoms with Gasteiger partial charge in [-0.05, 0) is 26.2 Å². The van der Waals surface area contributed by atoms with Crippen LogP contribution in [0, 0.1) is 5.92 Å². The summed E-state index contributed by atoms with van der Waals surface area (Å²) in [4.78, 5) is 0. The molecule has 2 atom stereocenters. The quantitative estimate of drug-likeness (QED) is 0.699. The molecule has 0 aliphatic carbocycles. The second-order valence-corrected chi connectivity index (χ2v) is 5.09. The summed E-state index contributed by atoms with van der Waals surface area (Å²) < 4.78 is 48.3. The van der Waals surface area contributed by atoms with Crippen molar-refractivity contribution < 1.29 is 22.5 Å². The summed E-state index contributed by atoms with van der Waals surface area (Å²) in [5, 5.41) is 0. The molecule has 0 aromatic carbocycles. The highest BCUT2D eigenvalue weighted by molar-refractivity contribution is 6.54. The maximum absolute atomic E-state index is 12.6. The Morgan fingerprint density at radius 3 is 2.41 bits per heavy atom. The Kier molecular flexibility index (Phi) is 3.99. The van der Waals surface area contributed by atoms with Gasteiger partial charge in [-0.3, -0.25) is 0 Å². The molecule has 1 aliphatic rings. The van der Waals surface area contributed by atoms with E-state index in [9.17, 15) is 13.2 Å². The topological polar surface area (TPSA) is 18.5 Å². The van der Waals surface area contributed by atoms with E-state index in [2.05, 4.69) is 6.58 Å². The van der Waals surface area contributed by atoms with Crippen molar-refractivity contribution >= 4 is 7.12 Å². The summed E-state index contributed by atoms with van der Waals surface area (Å²) in [5.74, 6) is 0.109. The zero-order valence-electron chi connectivity index (χ0n) is 10.6. The SMILES string of the molecule is C=C(B1OC(C)CC(C)(C(C)C)O1)C(F)(F)F. The van der Waals surface area contributed by atoms with Crippen molar-refractivity contribution in [2.24, 2.45) is 5.92 Å². The molecule has 0 radical (unpaired) electrons. The first-order valence-electron chi connectivity index (χ1n) is 5.65. The molecule has 0 spiro atoms. The molecular weight excluding hydrogens is 232 g/mol. The van der Waals surface area contributed by atoms with Crippen LogP contribution in [0.25, 0.3) is 0 Å². The van der Waals surface area contributed by atoms with Crippen LogP contribution >= 0.6 is 0 Å². The van der Waals surface area contributed by atoms with Gasteiger partial charge in [0, 0.05) is 6.10 Å². The Hall–Kier alpha value is -0.485. The molecule has 0 saturated carbocycles. The minimum Gasteiger partial charge on any atom is -0.405 e. The highest BCUT2D eigenvalue weighted by atomic mass is 19.4. The second kappa shape index (κ2) is 4.65. The van der Waals surface area contributed by atoms with Crippen LogP contribution < -0.4 is 0 Å². The highest BCUT2D eigenvalue weighted by Crippen LogP contribution is 2.37. The first-order chi connectivity index (χ1) is 7.56. The molecule has 1 heterocycles. The Morgan fingerprint density at radius 1 is 1.47 bits per heavy atom. The zero-order valence-corrected chi connectivity index (χ0v) is 10.6. The lowest BCUT2D eigenvalue weighted by atomic mass is 9.72. The van der Waals surface area contributed by atoms with E-state index in [0.717, 1.165) is 0 Å². The van der Waals surface area contributed by atoms with Gasteiger partial charge >= 0.3 is 13.3 Å². The van der Waals surface area contributed by atoms with Crippen molar-refractivity contribution in [3.05, 3.63) is 12.1 Å². The number of alkyl halides is 3. The van der Waals surface area contributed by atoms with Gasteiger partial charge in [0.2, 0.25) is 0 Å². The van der Waals surface area contributed by atoms with Crippen LogP contribution in [-0.2, 0) is 9.31 Å². The van der Waals surface area contributed by atoms with E-state index >= 15 is 0 Å². The molecular formula is C11H18BF3O2. The van der Waals surface area contributed by atoms with E-state index in [1.807, 2.05) is 20.8 Å². The predicted octanol–water partition coefficient (Wildman–Crippen LogP) is 3.37. The standard InChI is InChI=1S/C11H18BF3O2/c1-7(2)10(5)6-8(3)16-12(17-10)9(4)11(13,14)15/h7-8H,4,6H2,1-3,5H3. The van der Waals surface area contributed by atoms with Gasteiger partial charge in [0.15, 0.2) is 0 Å². The summed E-state index contributed by atoms with van der Waals surface area (Å²) in [6.07, 6.45) is -4.19. The summed E-state index contributed by atoms with van der Waals surface area (Å²) in [7, 11) is -1.40. The van der Waals surface area contributed by atoms with Gasteiger partial charge in [0.05, 0.1) is 11.1 Å². The lowest BCUT2D eigenvalue weighted by Gasteiger charge is -2.43. The average Bonchev–Trinajstić information content (AvgIpc) is 2.13. The van der Waals surface area contributed by atoms with Gasteiger partial charge in [-0.1, -0.05) is 20.4 Å². The number of halogens is 3. The molecule has 1 rings (SSSR count). The molecule has 1 fully saturated rings. The molecule has 2 nitrogen and oxygen atoms in total. The maximum atomic E-state index is 12.6. The van der Waals surface area contributed by atoms with Crippen LogP contribution in [-0.4, -0.2) is 25.0 Å². The van der Waals surface area contributed by atoms with Crippen LogP contribution in [0.5, 0.6) is 0 Å². The molecule has 6 heteroatoms. The van der Waals surface area contributed by atoms with Crippen LogP contribution in [0.15, 0.2) is 12.1 Å². The number of rotatable bonds is 2. The van der Waals surface area contributed by atoms with Crippen LogP contribution in [0.2, 0.25) is 0 Å². The molecule has 2 unspecified atom stereocenters. The van der Waals surface area contributed by atoms with E-state index in [-0.39, 0.29) is 12.0 Å². The van der Waals surface area contributed by atoms with Crippen molar-refractivity contribution in [2.75, 3.05) is 0 Å². The number of allylic oxidation sites excluding steroid dienone is 1. The number of hydrogen-bond donors (Lipinski definition) is 0. The van der Waals surface area contributed by atoms with Crippen molar-refractivity contribution in [2.45, 2.75) is 52.0 Å². The molecule has 0 aromatic heterocycles. The van der Waals surface area contributed by atoms with Gasteiger partial charge in [-0.15, -0.1) is 0 Å². The summed E-state index contributed by atoms with van der Waals surface area (Å²) in [5.41, 5.74) is -1.59. The third-order valence-electron chi connectivity index (χ3n) is 3.29. The van der Waals surface area contributed by atoms with Crippen LogP contribution in [0.1, 0.15) is 34.1 Å². The van der Waals surface area contributed by atoms with Gasteiger partial charge in [-0.25, -0.2) is 0 Å². The van der Waals surface area contributed by atoms with Gasteiger partial charge < -0.3 is 9.31 Å². The highest BCUT2D eigenvalue weighted by Gasteiger charge is 2.50. The molecule has 0 bridgehead atoms. The molecule has 0 N–H and O–H groups in total. The van der Waals surface area contributed by atoms with E-state index in [0.29, 0.717) is 6.42 Å². The van der Waals surface area contributed by atoms with Crippen molar-refractivity contribution in [1.82, 2.24) is 0 Å². The van der Waals surface area contributed by atoms with E-state index < -0.39 is 24.4 Å². The van der Waals surface area contributed by atoms with Gasteiger partial charge in [0.25, 0.3) is 0 Å². The smallest absolute Gasteiger partial charge is 0.405 e. The van der Waals surface area contributed by atoms with Crippen molar-refractivity contribution in [1.29, 1.82) is 0 Å². The summed E-state index contributed by atoms with van der Waals surface area (Å²) in [6.45, 7) is 10.4. The predicted molar refractivity (Wildman–Crippen MR) is 60.4 cm³/mol. The molecule has 17 heavy (non-hydrogen) atoms. The fourth-order valence-corrected chi connectivity index (χ4v) is 1.81. The minimum atomic E-state index is -4.49. The normalized spacial score (nSPS) is 30.8. The van der Waals surface area contributed by atoms with Crippen LogP contribution in [0.3, 0.4) is 0 Å². The fraction of sp³-hybridized carbons (Fsp3) is 0.818. The Balaban J connectivity index is 2.86. The number of hydrogen-bond acceptors (Lipinski definition) is 2. The Morgan fingerprint density at radius 2 is 2.00 bits per heavy atom. The minimum absolute atomic E-state index is 0.109. The van der Waals surface area contributed by atoms with E-state index in [4.69, 9.17) is 9.31 Å². The van der Waals surface area contributed by atoms with Gasteiger partial charge in [0.1, 0.15) is 0 Å². The fourth-order valence-electron chi connectivity index (χ4n) is 1.81. The molecule has 98 valence electrons. The third kappa shape index (κ3) is 3.25. The molecule has 0 amide bonds. The van der Waals surface area contributed by atoms with Crippen molar-refractivity contribution in [3.63, 3.8) is 0 Å². The lowest BCUT2D eigenvalue weighted by molar-refractivity contribution is -0.103. The van der Waals surface area contributed by atoms with E-state index in [1.54, 1.807) is 6.92 Å². The summed E-state index contributed by atoms with van der Waals surface area (Å²) in [6, 6.07) is 0. The first kappa shape index (κ1) is 14.6. The largest absolute Gasteiger partial charge is 0.498 e. The third-order valence-corrected chi connectivity index (χ3v) is 3.29. The van der Waals surface area contributed by atoms with E-state index in [1.165, 1.54) is 0 Å². The Bertz CT molecular complexity index is 304. The monoisotopic (exact) mass is 250 g/mol. The second-order valence-electron chi connectivity index (χ2n) is 5.09. The Labute approximate surface area is 100 Å². The molecule has 1 saturated heterocycles. The maximum Gasteiger partial charge on any atom is 0.498 e. The first-order valence-corrected chi connectivity index (χ1v) is 5.65. The average molecular weight is 250 g/mol. The molecule has 1 aliphatic heterocycles. The van der Waals surface area contributed by atoms with Crippen LogP contribution in [0.4, 0.5) is 13.2 Å².